The maximum atomic E-state index is 12.3. The van der Waals surface area contributed by atoms with Crippen LogP contribution >= 0.6 is 11.6 Å². The number of rotatable bonds is 4. The SMILES string of the molecule is O=C(OCc1ccc(C(=O)N2CCCC2)cc1)c1cc2cc(Cl)ccc2o1. The molecule has 2 heterocycles. The van der Waals surface area contributed by atoms with Crippen LogP contribution in [-0.4, -0.2) is 29.9 Å². The number of fused-ring (bicyclic) bond motifs is 1. The maximum Gasteiger partial charge on any atom is 0.374 e. The second-order valence-corrected chi connectivity index (χ2v) is 7.00. The predicted octanol–water partition coefficient (Wildman–Crippen LogP) is 4.68. The molecule has 1 fully saturated rings. The number of hydrogen-bond acceptors (Lipinski definition) is 4. The first kappa shape index (κ1) is 17.6. The summed E-state index contributed by atoms with van der Waals surface area (Å²) in [5, 5.41) is 1.33. The number of carbonyl (C=O) groups is 2. The number of benzene rings is 2. The Kier molecular flexibility index (Phi) is 4.86. The Morgan fingerprint density at radius 1 is 1.04 bits per heavy atom. The number of likely N-dealkylation sites (tertiary alicyclic amines) is 1. The van der Waals surface area contributed by atoms with Crippen molar-refractivity contribution in [2.75, 3.05) is 13.1 Å². The fraction of sp³-hybridized carbons (Fsp3) is 0.238. The zero-order valence-corrected chi connectivity index (χ0v) is 15.4. The fourth-order valence-corrected chi connectivity index (χ4v) is 3.36. The molecular formula is C21H18ClNO4. The van der Waals surface area contributed by atoms with E-state index in [9.17, 15) is 9.59 Å². The fourth-order valence-electron chi connectivity index (χ4n) is 3.18. The standard InChI is InChI=1S/C21H18ClNO4/c22-17-7-8-18-16(11-17)12-19(27-18)21(25)26-13-14-3-5-15(6-4-14)20(24)23-9-1-2-10-23/h3-8,11-12H,1-2,9-10,13H2. The molecule has 2 aromatic carbocycles. The van der Waals surface area contributed by atoms with Crippen LogP contribution in [-0.2, 0) is 11.3 Å². The lowest BCUT2D eigenvalue weighted by Crippen LogP contribution is -2.27. The van der Waals surface area contributed by atoms with E-state index in [2.05, 4.69) is 0 Å². The number of amides is 1. The summed E-state index contributed by atoms with van der Waals surface area (Å²) in [6.45, 7) is 1.75. The molecule has 4 rings (SSSR count). The summed E-state index contributed by atoms with van der Waals surface area (Å²) >= 11 is 5.94. The zero-order valence-electron chi connectivity index (χ0n) is 14.6. The van der Waals surface area contributed by atoms with Crippen LogP contribution in [0, 0.1) is 0 Å². The van der Waals surface area contributed by atoms with Crippen LogP contribution in [0.2, 0.25) is 5.02 Å². The summed E-state index contributed by atoms with van der Waals surface area (Å²) in [6.07, 6.45) is 2.13. The van der Waals surface area contributed by atoms with Gasteiger partial charge in [-0.25, -0.2) is 4.79 Å². The van der Waals surface area contributed by atoms with E-state index in [0.717, 1.165) is 36.9 Å². The molecule has 0 unspecified atom stereocenters. The molecule has 6 heteroatoms. The van der Waals surface area contributed by atoms with Crippen LogP contribution in [0.3, 0.4) is 0 Å². The number of hydrogen-bond donors (Lipinski definition) is 0. The highest BCUT2D eigenvalue weighted by atomic mass is 35.5. The second kappa shape index (κ2) is 7.45. The number of nitrogens with zero attached hydrogens (tertiary/aromatic N) is 1. The van der Waals surface area contributed by atoms with Gasteiger partial charge in [-0.15, -0.1) is 0 Å². The van der Waals surface area contributed by atoms with Gasteiger partial charge in [0, 0.05) is 29.1 Å². The molecule has 1 amide bonds. The quantitative estimate of drug-likeness (QED) is 0.614. The number of carbonyl (C=O) groups excluding carboxylic acids is 2. The third kappa shape index (κ3) is 3.83. The summed E-state index contributed by atoms with van der Waals surface area (Å²) in [4.78, 5) is 26.4. The van der Waals surface area contributed by atoms with E-state index in [-0.39, 0.29) is 18.3 Å². The monoisotopic (exact) mass is 383 g/mol. The lowest BCUT2D eigenvalue weighted by molar-refractivity contribution is 0.0438. The third-order valence-electron chi connectivity index (χ3n) is 4.64. The van der Waals surface area contributed by atoms with Crippen molar-refractivity contribution in [3.8, 4) is 0 Å². The number of ether oxygens (including phenoxy) is 1. The molecule has 1 aromatic heterocycles. The Morgan fingerprint density at radius 3 is 2.52 bits per heavy atom. The van der Waals surface area contributed by atoms with E-state index in [4.69, 9.17) is 20.8 Å². The van der Waals surface area contributed by atoms with Crippen LogP contribution in [0.15, 0.2) is 52.9 Å². The molecule has 138 valence electrons. The maximum absolute atomic E-state index is 12.3. The molecule has 0 atom stereocenters. The number of esters is 1. The van der Waals surface area contributed by atoms with E-state index in [1.54, 1.807) is 48.5 Å². The van der Waals surface area contributed by atoms with E-state index in [1.807, 2.05) is 4.90 Å². The smallest absolute Gasteiger partial charge is 0.374 e. The summed E-state index contributed by atoms with van der Waals surface area (Å²) in [6, 6.07) is 13.9. The number of furan rings is 1. The van der Waals surface area contributed by atoms with Crippen LogP contribution < -0.4 is 0 Å². The lowest BCUT2D eigenvalue weighted by atomic mass is 10.1. The van der Waals surface area contributed by atoms with Gasteiger partial charge < -0.3 is 14.1 Å². The molecule has 27 heavy (non-hydrogen) atoms. The Morgan fingerprint density at radius 2 is 1.78 bits per heavy atom. The Balaban J connectivity index is 1.38. The molecule has 5 nitrogen and oxygen atoms in total. The molecule has 1 saturated heterocycles. The van der Waals surface area contributed by atoms with Crippen molar-refractivity contribution >= 4 is 34.4 Å². The summed E-state index contributed by atoms with van der Waals surface area (Å²) in [7, 11) is 0. The normalized spacial score (nSPS) is 13.9. The van der Waals surface area contributed by atoms with Gasteiger partial charge in [0.05, 0.1) is 0 Å². The van der Waals surface area contributed by atoms with Gasteiger partial charge in [-0.2, -0.15) is 0 Å². The second-order valence-electron chi connectivity index (χ2n) is 6.57. The van der Waals surface area contributed by atoms with Crippen LogP contribution in [0.5, 0.6) is 0 Å². The topological polar surface area (TPSA) is 59.8 Å². The van der Waals surface area contributed by atoms with Crippen LogP contribution in [0.1, 0.15) is 39.3 Å². The first-order chi connectivity index (χ1) is 13.1. The van der Waals surface area contributed by atoms with Crippen molar-refractivity contribution in [3.05, 3.63) is 70.4 Å². The first-order valence-corrected chi connectivity index (χ1v) is 9.22. The van der Waals surface area contributed by atoms with Crippen molar-refractivity contribution in [1.29, 1.82) is 0 Å². The van der Waals surface area contributed by atoms with Crippen LogP contribution in [0.4, 0.5) is 0 Å². The van der Waals surface area contributed by atoms with Crippen molar-refractivity contribution in [2.24, 2.45) is 0 Å². The van der Waals surface area contributed by atoms with Gasteiger partial charge >= 0.3 is 5.97 Å². The molecule has 0 radical (unpaired) electrons. The van der Waals surface area contributed by atoms with Crippen LogP contribution in [0.25, 0.3) is 11.0 Å². The highest BCUT2D eigenvalue weighted by Crippen LogP contribution is 2.23. The van der Waals surface area contributed by atoms with Gasteiger partial charge in [0.15, 0.2) is 0 Å². The first-order valence-electron chi connectivity index (χ1n) is 8.84. The van der Waals surface area contributed by atoms with Gasteiger partial charge in [-0.3, -0.25) is 4.79 Å². The zero-order chi connectivity index (χ0) is 18.8. The molecule has 0 saturated carbocycles. The minimum Gasteiger partial charge on any atom is -0.455 e. The van der Waals surface area contributed by atoms with Gasteiger partial charge in [-0.1, -0.05) is 23.7 Å². The van der Waals surface area contributed by atoms with E-state index < -0.39 is 5.97 Å². The lowest BCUT2D eigenvalue weighted by Gasteiger charge is -2.15. The summed E-state index contributed by atoms with van der Waals surface area (Å²) in [5.74, 6) is -0.357. The average Bonchev–Trinajstić information content (AvgIpc) is 3.35. The summed E-state index contributed by atoms with van der Waals surface area (Å²) in [5.41, 5.74) is 2.04. The largest absolute Gasteiger partial charge is 0.455 e. The molecule has 1 aliphatic rings. The van der Waals surface area contributed by atoms with Crippen molar-refractivity contribution in [1.82, 2.24) is 4.90 Å². The Labute approximate surface area is 161 Å². The highest BCUT2D eigenvalue weighted by molar-refractivity contribution is 6.31. The van der Waals surface area contributed by atoms with Crippen molar-refractivity contribution in [3.63, 3.8) is 0 Å². The molecule has 0 N–H and O–H groups in total. The molecule has 0 spiro atoms. The van der Waals surface area contributed by atoms with E-state index >= 15 is 0 Å². The minimum absolute atomic E-state index is 0.0528. The van der Waals surface area contributed by atoms with Gasteiger partial charge in [0.2, 0.25) is 5.76 Å². The van der Waals surface area contributed by atoms with Gasteiger partial charge in [0.25, 0.3) is 5.91 Å². The number of halogens is 1. The molecule has 1 aliphatic heterocycles. The Bertz CT molecular complexity index is 987. The predicted molar refractivity (Wildman–Crippen MR) is 102 cm³/mol. The average molecular weight is 384 g/mol. The van der Waals surface area contributed by atoms with Gasteiger partial charge in [-0.05, 0) is 54.8 Å². The highest BCUT2D eigenvalue weighted by Gasteiger charge is 2.19. The molecule has 0 aliphatic carbocycles. The Hall–Kier alpha value is -2.79. The third-order valence-corrected chi connectivity index (χ3v) is 4.88. The minimum atomic E-state index is -0.542. The van der Waals surface area contributed by atoms with E-state index in [1.165, 1.54) is 0 Å². The summed E-state index contributed by atoms with van der Waals surface area (Å²) < 4.78 is 10.8. The molecular weight excluding hydrogens is 366 g/mol. The van der Waals surface area contributed by atoms with Crippen molar-refractivity contribution in [2.45, 2.75) is 19.4 Å². The molecule has 0 bridgehead atoms. The van der Waals surface area contributed by atoms with Gasteiger partial charge in [0.1, 0.15) is 12.2 Å². The van der Waals surface area contributed by atoms with Crippen molar-refractivity contribution < 1.29 is 18.7 Å². The van der Waals surface area contributed by atoms with E-state index in [0.29, 0.717) is 16.2 Å². The molecule has 3 aromatic rings.